The van der Waals surface area contributed by atoms with E-state index in [1.54, 1.807) is 0 Å². The highest BCUT2D eigenvalue weighted by Crippen LogP contribution is 2.19. The first kappa shape index (κ1) is 28.2. The fourth-order valence-electron chi connectivity index (χ4n) is 2.00. The zero-order chi connectivity index (χ0) is 15.4. The Morgan fingerprint density at radius 3 is 1.40 bits per heavy atom. The van der Waals surface area contributed by atoms with E-state index >= 15 is 0 Å². The maximum Gasteiger partial charge on any atom is -0.0417 e. The van der Waals surface area contributed by atoms with Gasteiger partial charge in [0.1, 0.15) is 0 Å². The standard InChI is InChI=1S/C13H28.C4H10.C2H6.CH4/c1-4-7-8-9-10-12-13(6-3)11-5-2;1-3-4-2;1-2;/h13H,4-12H2,1-3H3;3-4H2,1-2H3;1-2H3;1H4. The van der Waals surface area contributed by atoms with Crippen LogP contribution in [0.4, 0.5) is 0 Å². The monoisotopic (exact) mass is 288 g/mol. The lowest BCUT2D eigenvalue weighted by Gasteiger charge is -2.12. The smallest absolute Gasteiger partial charge is 0.0417 e. The van der Waals surface area contributed by atoms with Gasteiger partial charge in [0, 0.05) is 0 Å². The minimum Gasteiger partial charge on any atom is -0.0776 e. The Morgan fingerprint density at radius 1 is 0.550 bits per heavy atom. The average molecular weight is 289 g/mol. The molecule has 1 unspecified atom stereocenters. The molecule has 0 aliphatic heterocycles. The van der Waals surface area contributed by atoms with Crippen LogP contribution in [0.3, 0.4) is 0 Å². The molecule has 1 atom stereocenters. The largest absolute Gasteiger partial charge is 0.0776 e. The zero-order valence-corrected chi connectivity index (χ0v) is 15.4. The van der Waals surface area contributed by atoms with E-state index in [2.05, 4.69) is 34.6 Å². The molecule has 0 aromatic carbocycles. The Morgan fingerprint density at radius 2 is 1.05 bits per heavy atom. The van der Waals surface area contributed by atoms with Crippen LogP contribution in [0.5, 0.6) is 0 Å². The molecule has 0 bridgehead atoms. The second-order valence-electron chi connectivity index (χ2n) is 5.27. The third-order valence-electron chi connectivity index (χ3n) is 3.49. The minimum atomic E-state index is 0. The van der Waals surface area contributed by atoms with Gasteiger partial charge in [0.25, 0.3) is 0 Å². The summed E-state index contributed by atoms with van der Waals surface area (Å²) in [5, 5.41) is 0. The fraction of sp³-hybridized carbons (Fsp3) is 1.00. The molecule has 0 aliphatic carbocycles. The first-order valence-corrected chi connectivity index (χ1v) is 9.26. The molecule has 0 rings (SSSR count). The van der Waals surface area contributed by atoms with Crippen LogP contribution in [0.2, 0.25) is 0 Å². The molecule has 0 saturated heterocycles. The predicted octanol–water partition coefficient (Wildman–Crippen LogP) is 8.64. The topological polar surface area (TPSA) is 0 Å². The molecule has 0 aromatic rings. The van der Waals surface area contributed by atoms with E-state index in [1.165, 1.54) is 70.6 Å². The van der Waals surface area contributed by atoms with Gasteiger partial charge in [-0.3, -0.25) is 0 Å². The SMILES string of the molecule is C.CC.CCCC.CCCCCCCC(CC)CCC. The highest BCUT2D eigenvalue weighted by molar-refractivity contribution is 4.56. The van der Waals surface area contributed by atoms with Crippen molar-refractivity contribution in [2.45, 2.75) is 127 Å². The van der Waals surface area contributed by atoms with Crippen molar-refractivity contribution in [3.8, 4) is 0 Å². The molecular weight excluding hydrogens is 240 g/mol. The molecule has 0 radical (unpaired) electrons. The van der Waals surface area contributed by atoms with Crippen molar-refractivity contribution in [1.29, 1.82) is 0 Å². The number of rotatable bonds is 10. The lowest BCUT2D eigenvalue weighted by Crippen LogP contribution is -1.97. The van der Waals surface area contributed by atoms with Crippen molar-refractivity contribution in [1.82, 2.24) is 0 Å². The van der Waals surface area contributed by atoms with E-state index < -0.39 is 0 Å². The molecule has 0 nitrogen and oxygen atoms in total. The second kappa shape index (κ2) is 31.4. The van der Waals surface area contributed by atoms with Gasteiger partial charge in [0.15, 0.2) is 0 Å². The van der Waals surface area contributed by atoms with Crippen LogP contribution in [0.1, 0.15) is 127 Å². The van der Waals surface area contributed by atoms with Crippen LogP contribution in [-0.4, -0.2) is 0 Å². The van der Waals surface area contributed by atoms with Gasteiger partial charge in [-0.15, -0.1) is 0 Å². The summed E-state index contributed by atoms with van der Waals surface area (Å²) < 4.78 is 0. The first-order chi connectivity index (χ1) is 9.26. The lowest BCUT2D eigenvalue weighted by molar-refractivity contribution is 0.409. The summed E-state index contributed by atoms with van der Waals surface area (Å²) >= 11 is 0. The summed E-state index contributed by atoms with van der Waals surface area (Å²) in [6.45, 7) is 15.3. The van der Waals surface area contributed by atoms with E-state index in [-0.39, 0.29) is 7.43 Å². The Bertz CT molecular complexity index is 105. The highest BCUT2D eigenvalue weighted by atomic mass is 14.1. The second-order valence-corrected chi connectivity index (χ2v) is 5.27. The molecule has 0 heteroatoms. The van der Waals surface area contributed by atoms with Crippen LogP contribution in [0.25, 0.3) is 0 Å². The van der Waals surface area contributed by atoms with Gasteiger partial charge < -0.3 is 0 Å². The summed E-state index contributed by atoms with van der Waals surface area (Å²) in [6.07, 6.45) is 15.5. The van der Waals surface area contributed by atoms with Crippen LogP contribution in [0.15, 0.2) is 0 Å². The van der Waals surface area contributed by atoms with Gasteiger partial charge in [0.2, 0.25) is 0 Å². The molecule has 20 heavy (non-hydrogen) atoms. The molecule has 0 fully saturated rings. The van der Waals surface area contributed by atoms with Gasteiger partial charge in [0.05, 0.1) is 0 Å². The van der Waals surface area contributed by atoms with Crippen LogP contribution >= 0.6 is 0 Å². The maximum absolute atomic E-state index is 2.34. The Balaban J connectivity index is -0.000000157. The molecule has 0 amide bonds. The Kier molecular flexibility index (Phi) is 44.3. The molecule has 0 aliphatic rings. The van der Waals surface area contributed by atoms with Crippen LogP contribution in [0, 0.1) is 5.92 Å². The van der Waals surface area contributed by atoms with Crippen molar-refractivity contribution in [3.05, 3.63) is 0 Å². The molecule has 0 spiro atoms. The first-order valence-electron chi connectivity index (χ1n) is 9.26. The lowest BCUT2D eigenvalue weighted by atomic mass is 9.94. The van der Waals surface area contributed by atoms with Gasteiger partial charge in [-0.1, -0.05) is 127 Å². The van der Waals surface area contributed by atoms with Crippen molar-refractivity contribution in [2.75, 3.05) is 0 Å². The normalized spacial score (nSPS) is 10.3. The van der Waals surface area contributed by atoms with Gasteiger partial charge in [-0.05, 0) is 5.92 Å². The van der Waals surface area contributed by atoms with Crippen molar-refractivity contribution >= 4 is 0 Å². The molecule has 128 valence electrons. The molecule has 0 heterocycles. The quantitative estimate of drug-likeness (QED) is 0.353. The van der Waals surface area contributed by atoms with E-state index in [4.69, 9.17) is 0 Å². The van der Waals surface area contributed by atoms with E-state index in [0.717, 1.165) is 5.92 Å². The number of unbranched alkanes of at least 4 members (excludes halogenated alkanes) is 5. The number of hydrogen-bond donors (Lipinski definition) is 0. The third kappa shape index (κ3) is 30.8. The van der Waals surface area contributed by atoms with E-state index in [0.29, 0.717) is 0 Å². The Hall–Kier alpha value is 0. The van der Waals surface area contributed by atoms with Gasteiger partial charge in [-0.25, -0.2) is 0 Å². The van der Waals surface area contributed by atoms with Crippen LogP contribution in [-0.2, 0) is 0 Å². The van der Waals surface area contributed by atoms with Crippen molar-refractivity contribution in [3.63, 3.8) is 0 Å². The maximum atomic E-state index is 2.34. The summed E-state index contributed by atoms with van der Waals surface area (Å²) in [4.78, 5) is 0. The van der Waals surface area contributed by atoms with Crippen LogP contribution < -0.4 is 0 Å². The van der Waals surface area contributed by atoms with Crippen molar-refractivity contribution < 1.29 is 0 Å². The summed E-state index contributed by atoms with van der Waals surface area (Å²) in [5.41, 5.74) is 0. The molecule has 0 saturated carbocycles. The van der Waals surface area contributed by atoms with Crippen molar-refractivity contribution in [2.24, 2.45) is 5.92 Å². The van der Waals surface area contributed by atoms with E-state index in [9.17, 15) is 0 Å². The van der Waals surface area contributed by atoms with Gasteiger partial charge in [-0.2, -0.15) is 0 Å². The predicted molar refractivity (Wildman–Crippen MR) is 101 cm³/mol. The summed E-state index contributed by atoms with van der Waals surface area (Å²) in [7, 11) is 0. The fourth-order valence-corrected chi connectivity index (χ4v) is 2.00. The Labute approximate surface area is 133 Å². The third-order valence-corrected chi connectivity index (χ3v) is 3.49. The minimum absolute atomic E-state index is 0. The zero-order valence-electron chi connectivity index (χ0n) is 15.4. The molecular formula is C20H48. The van der Waals surface area contributed by atoms with Gasteiger partial charge >= 0.3 is 0 Å². The summed E-state index contributed by atoms with van der Waals surface area (Å²) in [5.74, 6) is 1.02. The molecule has 0 N–H and O–H groups in total. The molecule has 0 aromatic heterocycles. The summed E-state index contributed by atoms with van der Waals surface area (Å²) in [6, 6.07) is 0. The highest BCUT2D eigenvalue weighted by Gasteiger charge is 2.03. The average Bonchev–Trinajstić information content (AvgIpc) is 2.48. The van der Waals surface area contributed by atoms with E-state index in [1.807, 2.05) is 13.8 Å². The number of hydrogen-bond acceptors (Lipinski definition) is 0.